The number of nitriles is 1. The lowest BCUT2D eigenvalue weighted by molar-refractivity contribution is 0.198. The largest absolute Gasteiger partial charge is 0.310 e. The Labute approximate surface area is 122 Å². The molecule has 1 aliphatic rings. The van der Waals surface area contributed by atoms with E-state index in [0.717, 1.165) is 24.6 Å². The molecule has 1 fully saturated rings. The molecule has 1 aromatic carbocycles. The molecule has 1 aromatic rings. The Kier molecular flexibility index (Phi) is 4.80. The molecule has 3 heteroatoms. The van der Waals surface area contributed by atoms with Gasteiger partial charge < -0.3 is 10.6 Å². The molecule has 2 N–H and O–H groups in total. The van der Waals surface area contributed by atoms with Gasteiger partial charge in [0.1, 0.15) is 5.54 Å². The lowest BCUT2D eigenvalue weighted by atomic mass is 9.89. The quantitative estimate of drug-likeness (QED) is 0.829. The highest BCUT2D eigenvalue weighted by atomic mass is 15.2. The van der Waals surface area contributed by atoms with Crippen LogP contribution in [0, 0.1) is 17.2 Å². The van der Waals surface area contributed by atoms with E-state index in [1.807, 2.05) is 30.3 Å². The van der Waals surface area contributed by atoms with Crippen molar-refractivity contribution in [3.63, 3.8) is 0 Å². The summed E-state index contributed by atoms with van der Waals surface area (Å²) in [5, 5.41) is 9.49. The van der Waals surface area contributed by atoms with Crippen molar-refractivity contribution >= 4 is 0 Å². The number of benzene rings is 1. The Morgan fingerprint density at radius 3 is 2.50 bits per heavy atom. The van der Waals surface area contributed by atoms with Crippen molar-refractivity contribution in [1.29, 1.82) is 5.26 Å². The Morgan fingerprint density at radius 2 is 2.00 bits per heavy atom. The lowest BCUT2D eigenvalue weighted by Crippen LogP contribution is -2.42. The zero-order valence-corrected chi connectivity index (χ0v) is 12.5. The first-order valence-electron chi connectivity index (χ1n) is 7.55. The molecule has 1 atom stereocenters. The molecule has 0 spiro atoms. The van der Waals surface area contributed by atoms with Crippen LogP contribution in [0.5, 0.6) is 0 Å². The van der Waals surface area contributed by atoms with E-state index in [4.69, 9.17) is 5.73 Å². The van der Waals surface area contributed by atoms with Gasteiger partial charge >= 0.3 is 0 Å². The molecule has 108 valence electrons. The maximum atomic E-state index is 9.49. The number of hydrogen-bond acceptors (Lipinski definition) is 3. The monoisotopic (exact) mass is 271 g/mol. The Bertz CT molecular complexity index is 459. The first-order valence-corrected chi connectivity index (χ1v) is 7.55. The highest BCUT2D eigenvalue weighted by Crippen LogP contribution is 2.31. The minimum Gasteiger partial charge on any atom is -0.310 e. The van der Waals surface area contributed by atoms with Crippen LogP contribution in [0.3, 0.4) is 0 Å². The van der Waals surface area contributed by atoms with Gasteiger partial charge in [-0.2, -0.15) is 5.26 Å². The second-order valence-electron chi connectivity index (χ2n) is 6.23. The summed E-state index contributed by atoms with van der Waals surface area (Å²) in [5.74, 6) is 0.864. The standard InChI is InChI=1S/C17H25N3/c1-14(2)20(12-15-8-9-15)11-10-17(19,13-18)16-6-4-3-5-7-16/h3-7,14-15H,8-12,19H2,1-2H3. The third kappa shape index (κ3) is 3.82. The average molecular weight is 271 g/mol. The summed E-state index contributed by atoms with van der Waals surface area (Å²) in [6, 6.07) is 12.6. The van der Waals surface area contributed by atoms with E-state index in [-0.39, 0.29) is 0 Å². The first kappa shape index (κ1) is 15.0. The van der Waals surface area contributed by atoms with Gasteiger partial charge in [0, 0.05) is 19.1 Å². The van der Waals surface area contributed by atoms with E-state index >= 15 is 0 Å². The highest BCUT2D eigenvalue weighted by molar-refractivity contribution is 5.30. The molecule has 0 saturated heterocycles. The summed E-state index contributed by atoms with van der Waals surface area (Å²) in [6.07, 6.45) is 3.39. The number of nitrogens with zero attached hydrogens (tertiary/aromatic N) is 2. The molecule has 2 rings (SSSR count). The van der Waals surface area contributed by atoms with E-state index in [9.17, 15) is 5.26 Å². The number of rotatable bonds is 7. The molecule has 20 heavy (non-hydrogen) atoms. The minimum atomic E-state index is -0.877. The van der Waals surface area contributed by atoms with Crippen molar-refractivity contribution in [2.45, 2.75) is 44.7 Å². The van der Waals surface area contributed by atoms with E-state index < -0.39 is 5.54 Å². The molecule has 3 nitrogen and oxygen atoms in total. The summed E-state index contributed by atoms with van der Waals surface area (Å²) in [7, 11) is 0. The number of hydrogen-bond donors (Lipinski definition) is 1. The third-order valence-corrected chi connectivity index (χ3v) is 4.20. The summed E-state index contributed by atoms with van der Waals surface area (Å²) < 4.78 is 0. The Hall–Kier alpha value is -1.37. The minimum absolute atomic E-state index is 0.509. The van der Waals surface area contributed by atoms with Crippen LogP contribution in [0.25, 0.3) is 0 Å². The van der Waals surface area contributed by atoms with Crippen LogP contribution in [-0.2, 0) is 5.54 Å². The van der Waals surface area contributed by atoms with Crippen LogP contribution in [-0.4, -0.2) is 24.0 Å². The average Bonchev–Trinajstić information content (AvgIpc) is 3.27. The van der Waals surface area contributed by atoms with Crippen molar-refractivity contribution in [3.8, 4) is 6.07 Å². The summed E-state index contributed by atoms with van der Waals surface area (Å²) in [4.78, 5) is 2.46. The Morgan fingerprint density at radius 1 is 1.35 bits per heavy atom. The molecular weight excluding hydrogens is 246 g/mol. The second kappa shape index (κ2) is 6.39. The maximum Gasteiger partial charge on any atom is 0.131 e. The van der Waals surface area contributed by atoms with Crippen molar-refractivity contribution in [2.24, 2.45) is 11.7 Å². The van der Waals surface area contributed by atoms with Crippen molar-refractivity contribution in [2.75, 3.05) is 13.1 Å². The molecule has 1 saturated carbocycles. The van der Waals surface area contributed by atoms with Gasteiger partial charge in [0.25, 0.3) is 0 Å². The predicted octanol–water partition coefficient (Wildman–Crippen LogP) is 2.87. The van der Waals surface area contributed by atoms with Crippen molar-refractivity contribution in [3.05, 3.63) is 35.9 Å². The van der Waals surface area contributed by atoms with Crippen molar-refractivity contribution in [1.82, 2.24) is 4.90 Å². The fourth-order valence-electron chi connectivity index (χ4n) is 2.51. The topological polar surface area (TPSA) is 53.0 Å². The van der Waals surface area contributed by atoms with E-state index in [1.165, 1.54) is 12.8 Å². The van der Waals surface area contributed by atoms with Crippen molar-refractivity contribution < 1.29 is 0 Å². The molecule has 0 aliphatic heterocycles. The van der Waals surface area contributed by atoms with E-state index in [0.29, 0.717) is 12.5 Å². The van der Waals surface area contributed by atoms with Gasteiger partial charge in [0.15, 0.2) is 0 Å². The van der Waals surface area contributed by atoms with Crippen LogP contribution < -0.4 is 5.73 Å². The molecule has 1 aliphatic carbocycles. The molecule has 0 amide bonds. The van der Waals surface area contributed by atoms with Crippen LogP contribution in [0.4, 0.5) is 0 Å². The summed E-state index contributed by atoms with van der Waals surface area (Å²) in [6.45, 7) is 6.46. The molecule has 0 bridgehead atoms. The first-order chi connectivity index (χ1) is 9.55. The van der Waals surface area contributed by atoms with Gasteiger partial charge in [-0.05, 0) is 44.6 Å². The van der Waals surface area contributed by atoms with Gasteiger partial charge in [-0.3, -0.25) is 0 Å². The third-order valence-electron chi connectivity index (χ3n) is 4.20. The SMILES string of the molecule is CC(C)N(CCC(N)(C#N)c1ccccc1)CC1CC1. The smallest absolute Gasteiger partial charge is 0.131 e. The highest BCUT2D eigenvalue weighted by Gasteiger charge is 2.30. The second-order valence-corrected chi connectivity index (χ2v) is 6.23. The summed E-state index contributed by atoms with van der Waals surface area (Å²) in [5.41, 5.74) is 6.36. The van der Waals surface area contributed by atoms with Crippen LogP contribution in [0.1, 0.15) is 38.7 Å². The van der Waals surface area contributed by atoms with Crippen LogP contribution in [0.15, 0.2) is 30.3 Å². The molecule has 0 aromatic heterocycles. The summed E-state index contributed by atoms with van der Waals surface area (Å²) >= 11 is 0. The number of nitrogens with two attached hydrogens (primary N) is 1. The predicted molar refractivity (Wildman–Crippen MR) is 82.0 cm³/mol. The molecular formula is C17H25N3. The maximum absolute atomic E-state index is 9.49. The van der Waals surface area contributed by atoms with Gasteiger partial charge in [-0.15, -0.1) is 0 Å². The molecule has 0 heterocycles. The van der Waals surface area contributed by atoms with Gasteiger partial charge in [0.05, 0.1) is 6.07 Å². The fraction of sp³-hybridized carbons (Fsp3) is 0.588. The zero-order valence-electron chi connectivity index (χ0n) is 12.5. The van der Waals surface area contributed by atoms with Gasteiger partial charge in [0.2, 0.25) is 0 Å². The van der Waals surface area contributed by atoms with Crippen LogP contribution >= 0.6 is 0 Å². The molecule has 1 unspecified atom stereocenters. The fourth-order valence-corrected chi connectivity index (χ4v) is 2.51. The Balaban J connectivity index is 2.00. The normalized spacial score (nSPS) is 18.0. The zero-order chi connectivity index (χ0) is 14.6. The van der Waals surface area contributed by atoms with Gasteiger partial charge in [-0.25, -0.2) is 0 Å². The van der Waals surface area contributed by atoms with Crippen LogP contribution in [0.2, 0.25) is 0 Å². The van der Waals surface area contributed by atoms with E-state index in [1.54, 1.807) is 0 Å². The van der Waals surface area contributed by atoms with E-state index in [2.05, 4.69) is 24.8 Å². The lowest BCUT2D eigenvalue weighted by Gasteiger charge is -2.30. The van der Waals surface area contributed by atoms with Gasteiger partial charge in [-0.1, -0.05) is 30.3 Å². The molecule has 0 radical (unpaired) electrons.